The summed E-state index contributed by atoms with van der Waals surface area (Å²) in [5.41, 5.74) is 1.18. The first-order valence-electron chi connectivity index (χ1n) is 7.22. The van der Waals surface area contributed by atoms with Gasteiger partial charge in [-0.3, -0.25) is 10.1 Å². The Bertz CT molecular complexity index is 473. The van der Waals surface area contributed by atoms with Gasteiger partial charge in [-0.05, 0) is 60.1 Å². The van der Waals surface area contributed by atoms with Gasteiger partial charge in [0.1, 0.15) is 0 Å². The number of rotatable bonds is 6. The summed E-state index contributed by atoms with van der Waals surface area (Å²) in [5, 5.41) is 14.4. The average molecular weight is 341 g/mol. The minimum atomic E-state index is -0.333. The highest BCUT2D eigenvalue weighted by Gasteiger charge is 2.24. The van der Waals surface area contributed by atoms with Crippen LogP contribution in [0.5, 0.6) is 0 Å². The maximum absolute atomic E-state index is 10.9. The quantitative estimate of drug-likeness (QED) is 0.627. The normalized spacial score (nSPS) is 17.3. The lowest BCUT2D eigenvalue weighted by Crippen LogP contribution is -2.32. The number of halogens is 1. The zero-order chi connectivity index (χ0) is 14.5. The highest BCUT2D eigenvalue weighted by Crippen LogP contribution is 2.32. The zero-order valence-corrected chi connectivity index (χ0v) is 13.4. The van der Waals surface area contributed by atoms with E-state index >= 15 is 0 Å². The number of hydrogen-bond donors (Lipinski definition) is 1. The number of nitro benzene ring substituents is 1. The van der Waals surface area contributed by atoms with Gasteiger partial charge in [0.05, 0.1) is 9.40 Å². The van der Waals surface area contributed by atoms with Gasteiger partial charge < -0.3 is 5.32 Å². The molecule has 2 rings (SSSR count). The smallest absolute Gasteiger partial charge is 0.283 e. The van der Waals surface area contributed by atoms with Crippen molar-refractivity contribution in [1.82, 2.24) is 5.32 Å². The van der Waals surface area contributed by atoms with Crippen LogP contribution in [0.1, 0.15) is 37.7 Å². The number of nitrogens with one attached hydrogen (secondary N) is 1. The van der Waals surface area contributed by atoms with E-state index in [4.69, 9.17) is 0 Å². The Hall–Kier alpha value is -0.940. The number of nitrogens with zero attached hydrogens (tertiary/aromatic N) is 1. The number of aryl methyl sites for hydroxylation is 1. The van der Waals surface area contributed by atoms with Crippen molar-refractivity contribution in [3.63, 3.8) is 0 Å². The summed E-state index contributed by atoms with van der Waals surface area (Å²) in [4.78, 5) is 10.6. The molecule has 1 atom stereocenters. The van der Waals surface area contributed by atoms with E-state index in [1.54, 1.807) is 12.1 Å². The van der Waals surface area contributed by atoms with Gasteiger partial charge in [-0.25, -0.2) is 0 Å². The molecule has 1 unspecified atom stereocenters. The SMILES string of the molecule is CNC(CCc1cccc([N+](=O)[O-])c1Br)C1CCCC1. The summed E-state index contributed by atoms with van der Waals surface area (Å²) in [6.07, 6.45) is 7.18. The molecule has 0 spiro atoms. The molecule has 0 bridgehead atoms. The second-order valence-electron chi connectivity index (χ2n) is 5.49. The second-order valence-corrected chi connectivity index (χ2v) is 6.28. The topological polar surface area (TPSA) is 55.2 Å². The Balaban J connectivity index is 2.02. The third kappa shape index (κ3) is 3.58. The zero-order valence-electron chi connectivity index (χ0n) is 11.8. The molecule has 1 aromatic carbocycles. The third-order valence-corrected chi connectivity index (χ3v) is 5.23. The van der Waals surface area contributed by atoms with Crippen LogP contribution >= 0.6 is 15.9 Å². The Morgan fingerprint density at radius 1 is 1.45 bits per heavy atom. The van der Waals surface area contributed by atoms with Crippen molar-refractivity contribution < 1.29 is 4.92 Å². The molecule has 1 aliphatic rings. The van der Waals surface area contributed by atoms with E-state index in [0.29, 0.717) is 10.5 Å². The minimum Gasteiger partial charge on any atom is -0.317 e. The van der Waals surface area contributed by atoms with Gasteiger partial charge in [0.25, 0.3) is 5.69 Å². The molecule has 1 aliphatic carbocycles. The van der Waals surface area contributed by atoms with Crippen molar-refractivity contribution in [2.75, 3.05) is 7.05 Å². The van der Waals surface area contributed by atoms with Crippen molar-refractivity contribution >= 4 is 21.6 Å². The van der Waals surface area contributed by atoms with Crippen LogP contribution in [0.3, 0.4) is 0 Å². The molecular weight excluding hydrogens is 320 g/mol. The molecule has 1 N–H and O–H groups in total. The van der Waals surface area contributed by atoms with Crippen LogP contribution in [0.25, 0.3) is 0 Å². The second kappa shape index (κ2) is 7.18. The van der Waals surface area contributed by atoms with Crippen LogP contribution in [-0.2, 0) is 6.42 Å². The first-order chi connectivity index (χ1) is 9.63. The lowest BCUT2D eigenvalue weighted by atomic mass is 9.92. The fraction of sp³-hybridized carbons (Fsp3) is 0.600. The Kier molecular flexibility index (Phi) is 5.54. The molecule has 0 radical (unpaired) electrons. The van der Waals surface area contributed by atoms with Crippen LogP contribution in [0.2, 0.25) is 0 Å². The summed E-state index contributed by atoms with van der Waals surface area (Å²) in [5.74, 6) is 0.762. The molecule has 5 heteroatoms. The van der Waals surface area contributed by atoms with Crippen molar-refractivity contribution in [3.8, 4) is 0 Å². The van der Waals surface area contributed by atoms with E-state index in [1.807, 2.05) is 13.1 Å². The van der Waals surface area contributed by atoms with Crippen LogP contribution < -0.4 is 5.32 Å². The maximum Gasteiger partial charge on any atom is 0.283 e. The summed E-state index contributed by atoms with van der Waals surface area (Å²) < 4.78 is 0.631. The van der Waals surface area contributed by atoms with Gasteiger partial charge in [-0.15, -0.1) is 0 Å². The largest absolute Gasteiger partial charge is 0.317 e. The highest BCUT2D eigenvalue weighted by molar-refractivity contribution is 9.10. The predicted octanol–water partition coefficient (Wildman–Crippen LogP) is 4.07. The van der Waals surface area contributed by atoms with E-state index in [0.717, 1.165) is 24.3 Å². The van der Waals surface area contributed by atoms with Crippen LogP contribution in [-0.4, -0.2) is 18.0 Å². The Morgan fingerprint density at radius 3 is 2.75 bits per heavy atom. The molecule has 0 saturated heterocycles. The number of nitro groups is 1. The number of benzene rings is 1. The predicted molar refractivity (Wildman–Crippen MR) is 83.9 cm³/mol. The van der Waals surface area contributed by atoms with E-state index in [9.17, 15) is 10.1 Å². The average Bonchev–Trinajstić information content (AvgIpc) is 2.95. The maximum atomic E-state index is 10.9. The van der Waals surface area contributed by atoms with Gasteiger partial charge in [-0.2, -0.15) is 0 Å². The molecule has 1 saturated carbocycles. The molecule has 1 aromatic rings. The van der Waals surface area contributed by atoms with Crippen LogP contribution in [0.15, 0.2) is 22.7 Å². The van der Waals surface area contributed by atoms with Crippen molar-refractivity contribution in [2.24, 2.45) is 5.92 Å². The molecule has 0 heterocycles. The summed E-state index contributed by atoms with van der Waals surface area (Å²) in [6, 6.07) is 5.80. The molecular formula is C15H21BrN2O2. The van der Waals surface area contributed by atoms with E-state index in [1.165, 1.54) is 25.7 Å². The first-order valence-corrected chi connectivity index (χ1v) is 8.02. The van der Waals surface area contributed by atoms with Crippen LogP contribution in [0, 0.1) is 16.0 Å². The van der Waals surface area contributed by atoms with Crippen molar-refractivity contribution in [2.45, 2.75) is 44.6 Å². The minimum absolute atomic E-state index is 0.157. The van der Waals surface area contributed by atoms with E-state index < -0.39 is 0 Å². The molecule has 0 aromatic heterocycles. The lowest BCUT2D eigenvalue weighted by molar-refractivity contribution is -0.385. The first kappa shape index (κ1) is 15.4. The lowest BCUT2D eigenvalue weighted by Gasteiger charge is -2.23. The van der Waals surface area contributed by atoms with E-state index in [2.05, 4.69) is 21.2 Å². The van der Waals surface area contributed by atoms with E-state index in [-0.39, 0.29) is 10.6 Å². The monoisotopic (exact) mass is 340 g/mol. The molecule has 1 fully saturated rings. The van der Waals surface area contributed by atoms with Crippen molar-refractivity contribution in [1.29, 1.82) is 0 Å². The van der Waals surface area contributed by atoms with Gasteiger partial charge in [0.15, 0.2) is 0 Å². The Morgan fingerprint density at radius 2 is 2.15 bits per heavy atom. The molecule has 0 amide bonds. The fourth-order valence-electron chi connectivity index (χ4n) is 3.19. The van der Waals surface area contributed by atoms with Crippen molar-refractivity contribution in [3.05, 3.63) is 38.3 Å². The Labute approximate surface area is 128 Å². The summed E-state index contributed by atoms with van der Waals surface area (Å²) in [6.45, 7) is 0. The highest BCUT2D eigenvalue weighted by atomic mass is 79.9. The summed E-state index contributed by atoms with van der Waals surface area (Å²) >= 11 is 3.38. The fourth-order valence-corrected chi connectivity index (χ4v) is 3.79. The van der Waals surface area contributed by atoms with Crippen LogP contribution in [0.4, 0.5) is 5.69 Å². The number of hydrogen-bond acceptors (Lipinski definition) is 3. The molecule has 20 heavy (non-hydrogen) atoms. The van der Waals surface area contributed by atoms with Gasteiger partial charge in [0, 0.05) is 12.1 Å². The molecule has 0 aliphatic heterocycles. The molecule has 110 valence electrons. The molecule has 4 nitrogen and oxygen atoms in total. The van der Waals surface area contributed by atoms with Gasteiger partial charge in [0.2, 0.25) is 0 Å². The standard InChI is InChI=1S/C15H21BrN2O2/c1-17-13(11-5-2-3-6-11)10-9-12-7-4-8-14(15(12)16)18(19)20/h4,7-8,11,13,17H,2-3,5-6,9-10H2,1H3. The summed E-state index contributed by atoms with van der Waals surface area (Å²) in [7, 11) is 2.02. The van der Waals surface area contributed by atoms with Gasteiger partial charge in [-0.1, -0.05) is 25.0 Å². The third-order valence-electron chi connectivity index (χ3n) is 4.32. The van der Waals surface area contributed by atoms with Gasteiger partial charge >= 0.3 is 0 Å².